The van der Waals surface area contributed by atoms with Crippen LogP contribution in [0.2, 0.25) is 0 Å². The Bertz CT molecular complexity index is 687. The predicted molar refractivity (Wildman–Crippen MR) is 87.6 cm³/mol. The number of nitrogens with two attached hydrogens (primary N) is 1. The van der Waals surface area contributed by atoms with Crippen LogP contribution in [0.25, 0.3) is 0 Å². The number of hydrogen-bond acceptors (Lipinski definition) is 5. The van der Waals surface area contributed by atoms with Crippen molar-refractivity contribution in [2.45, 2.75) is 12.3 Å². The molecule has 1 atom stereocenters. The Morgan fingerprint density at radius 3 is 2.52 bits per heavy atom. The van der Waals surface area contributed by atoms with Crippen molar-refractivity contribution >= 4 is 0 Å². The summed E-state index contributed by atoms with van der Waals surface area (Å²) in [5.74, 6) is 3.22. The standard InChI is InChI=1S/C18H21NO4/c1-20-15-6-4-13(9-17(15)21-2)14(10-19)7-12-3-5-16-18(8-12)23-11-22-16/h3-6,8-9,14H,7,10-11,19H2,1-2H3. The Balaban J connectivity index is 1.82. The maximum Gasteiger partial charge on any atom is 0.231 e. The molecule has 0 aliphatic carbocycles. The fraction of sp³-hybridized carbons (Fsp3) is 0.333. The highest BCUT2D eigenvalue weighted by Gasteiger charge is 2.17. The number of ether oxygens (including phenoxy) is 4. The highest BCUT2D eigenvalue weighted by Crippen LogP contribution is 2.35. The van der Waals surface area contributed by atoms with E-state index in [-0.39, 0.29) is 12.7 Å². The van der Waals surface area contributed by atoms with E-state index < -0.39 is 0 Å². The summed E-state index contributed by atoms with van der Waals surface area (Å²) in [5, 5.41) is 0. The smallest absolute Gasteiger partial charge is 0.231 e. The molecule has 1 unspecified atom stereocenters. The van der Waals surface area contributed by atoms with Crippen LogP contribution in [0.5, 0.6) is 23.0 Å². The second kappa shape index (κ2) is 6.79. The van der Waals surface area contributed by atoms with Crippen LogP contribution in [-0.2, 0) is 6.42 Å². The van der Waals surface area contributed by atoms with Crippen LogP contribution in [-0.4, -0.2) is 27.6 Å². The van der Waals surface area contributed by atoms with Crippen molar-refractivity contribution in [1.82, 2.24) is 0 Å². The minimum atomic E-state index is 0.190. The van der Waals surface area contributed by atoms with E-state index in [1.807, 2.05) is 30.3 Å². The van der Waals surface area contributed by atoms with Gasteiger partial charge in [-0.05, 0) is 48.4 Å². The van der Waals surface area contributed by atoms with E-state index in [1.165, 1.54) is 5.56 Å². The van der Waals surface area contributed by atoms with Crippen LogP contribution in [0.1, 0.15) is 17.0 Å². The highest BCUT2D eigenvalue weighted by molar-refractivity contribution is 5.46. The largest absolute Gasteiger partial charge is 0.493 e. The quantitative estimate of drug-likeness (QED) is 0.888. The third kappa shape index (κ3) is 3.19. The first-order chi connectivity index (χ1) is 11.2. The van der Waals surface area contributed by atoms with Crippen LogP contribution in [0.3, 0.4) is 0 Å². The summed E-state index contributed by atoms with van der Waals surface area (Å²) >= 11 is 0. The third-order valence-electron chi connectivity index (χ3n) is 4.08. The van der Waals surface area contributed by atoms with E-state index in [2.05, 4.69) is 6.07 Å². The van der Waals surface area contributed by atoms with Crippen molar-refractivity contribution in [3.8, 4) is 23.0 Å². The molecule has 0 radical (unpaired) electrons. The summed E-state index contributed by atoms with van der Waals surface area (Å²) < 4.78 is 21.5. The summed E-state index contributed by atoms with van der Waals surface area (Å²) in [6.45, 7) is 0.832. The molecule has 0 saturated heterocycles. The summed E-state index contributed by atoms with van der Waals surface area (Å²) in [6, 6.07) is 12.0. The van der Waals surface area contributed by atoms with Gasteiger partial charge in [0.15, 0.2) is 23.0 Å². The summed E-state index contributed by atoms with van der Waals surface area (Å²) in [5.41, 5.74) is 8.29. The first-order valence-corrected chi connectivity index (χ1v) is 7.55. The Morgan fingerprint density at radius 1 is 1.00 bits per heavy atom. The van der Waals surface area contributed by atoms with Gasteiger partial charge in [0, 0.05) is 5.92 Å². The zero-order valence-corrected chi connectivity index (χ0v) is 13.4. The first kappa shape index (κ1) is 15.5. The Labute approximate surface area is 135 Å². The molecule has 0 saturated carbocycles. The Kier molecular flexibility index (Phi) is 4.57. The van der Waals surface area contributed by atoms with Crippen LogP contribution < -0.4 is 24.7 Å². The van der Waals surface area contributed by atoms with Crippen molar-refractivity contribution in [2.75, 3.05) is 27.6 Å². The van der Waals surface area contributed by atoms with Crippen LogP contribution in [0.4, 0.5) is 0 Å². The van der Waals surface area contributed by atoms with Crippen LogP contribution in [0, 0.1) is 0 Å². The van der Waals surface area contributed by atoms with Gasteiger partial charge < -0.3 is 24.7 Å². The topological polar surface area (TPSA) is 62.9 Å². The summed E-state index contributed by atoms with van der Waals surface area (Å²) in [4.78, 5) is 0. The molecule has 2 aromatic carbocycles. The molecule has 2 aromatic rings. The minimum absolute atomic E-state index is 0.190. The highest BCUT2D eigenvalue weighted by atomic mass is 16.7. The van der Waals surface area contributed by atoms with Gasteiger partial charge in [-0.2, -0.15) is 0 Å². The molecule has 122 valence electrons. The van der Waals surface area contributed by atoms with Gasteiger partial charge in [0.2, 0.25) is 6.79 Å². The zero-order valence-electron chi connectivity index (χ0n) is 13.4. The van der Waals surface area contributed by atoms with Gasteiger partial charge in [-0.25, -0.2) is 0 Å². The molecule has 1 aliphatic heterocycles. The van der Waals surface area contributed by atoms with Crippen LogP contribution >= 0.6 is 0 Å². The molecule has 2 N–H and O–H groups in total. The lowest BCUT2D eigenvalue weighted by Gasteiger charge is -2.17. The van der Waals surface area contributed by atoms with Gasteiger partial charge in [0.05, 0.1) is 14.2 Å². The van der Waals surface area contributed by atoms with Crippen molar-refractivity contribution in [2.24, 2.45) is 5.73 Å². The molecular weight excluding hydrogens is 294 g/mol. The van der Waals surface area contributed by atoms with E-state index in [4.69, 9.17) is 24.7 Å². The Hall–Kier alpha value is -2.40. The number of methoxy groups -OCH3 is 2. The van der Waals surface area contributed by atoms with Crippen LogP contribution in [0.15, 0.2) is 36.4 Å². The number of hydrogen-bond donors (Lipinski definition) is 1. The van der Waals surface area contributed by atoms with Gasteiger partial charge in [0.25, 0.3) is 0 Å². The molecule has 0 bridgehead atoms. The van der Waals surface area contributed by atoms with Crippen molar-refractivity contribution in [1.29, 1.82) is 0 Å². The van der Waals surface area contributed by atoms with Gasteiger partial charge in [-0.3, -0.25) is 0 Å². The Morgan fingerprint density at radius 2 is 1.78 bits per heavy atom. The molecule has 0 amide bonds. The van der Waals surface area contributed by atoms with E-state index in [9.17, 15) is 0 Å². The lowest BCUT2D eigenvalue weighted by Crippen LogP contribution is -2.15. The fourth-order valence-corrected chi connectivity index (χ4v) is 2.80. The number of benzene rings is 2. The predicted octanol–water partition coefficient (Wildman–Crippen LogP) is 2.72. The van der Waals surface area contributed by atoms with Crippen molar-refractivity contribution in [3.63, 3.8) is 0 Å². The SMILES string of the molecule is COc1ccc(C(CN)Cc2ccc3c(c2)OCO3)cc1OC. The number of rotatable bonds is 6. The average molecular weight is 315 g/mol. The van der Waals surface area contributed by atoms with Gasteiger partial charge >= 0.3 is 0 Å². The van der Waals surface area contributed by atoms with E-state index in [0.29, 0.717) is 12.3 Å². The molecule has 1 heterocycles. The lowest BCUT2D eigenvalue weighted by atomic mass is 9.91. The van der Waals surface area contributed by atoms with Crippen molar-refractivity contribution < 1.29 is 18.9 Å². The second-order valence-electron chi connectivity index (χ2n) is 5.44. The fourth-order valence-electron chi connectivity index (χ4n) is 2.80. The van der Waals surface area contributed by atoms with Crippen molar-refractivity contribution in [3.05, 3.63) is 47.5 Å². The normalized spacial score (nSPS) is 13.7. The maximum absolute atomic E-state index is 6.00. The van der Waals surface area contributed by atoms with E-state index >= 15 is 0 Å². The first-order valence-electron chi connectivity index (χ1n) is 7.55. The van der Waals surface area contributed by atoms with Gasteiger partial charge in [-0.1, -0.05) is 12.1 Å². The molecule has 1 aliphatic rings. The molecule has 5 heteroatoms. The summed E-state index contributed by atoms with van der Waals surface area (Å²) in [6.07, 6.45) is 0.822. The molecule has 5 nitrogen and oxygen atoms in total. The van der Waals surface area contributed by atoms with Gasteiger partial charge in [-0.15, -0.1) is 0 Å². The third-order valence-corrected chi connectivity index (χ3v) is 4.08. The van der Waals surface area contributed by atoms with E-state index in [1.54, 1.807) is 14.2 Å². The minimum Gasteiger partial charge on any atom is -0.493 e. The molecule has 3 rings (SSSR count). The molecule has 23 heavy (non-hydrogen) atoms. The number of fused-ring (bicyclic) bond motifs is 1. The maximum atomic E-state index is 6.00. The summed E-state index contributed by atoms with van der Waals surface area (Å²) in [7, 11) is 3.27. The average Bonchev–Trinajstić information content (AvgIpc) is 3.06. The second-order valence-corrected chi connectivity index (χ2v) is 5.44. The molecular formula is C18H21NO4. The lowest BCUT2D eigenvalue weighted by molar-refractivity contribution is 0.174. The molecule has 0 aromatic heterocycles. The molecule has 0 fully saturated rings. The van der Waals surface area contributed by atoms with E-state index in [0.717, 1.165) is 29.2 Å². The zero-order chi connectivity index (χ0) is 16.2. The van der Waals surface area contributed by atoms with Gasteiger partial charge in [0.1, 0.15) is 0 Å². The molecule has 0 spiro atoms. The monoisotopic (exact) mass is 315 g/mol.